The minimum absolute atomic E-state index is 0.118. The first kappa shape index (κ1) is 14.6. The van der Waals surface area contributed by atoms with Gasteiger partial charge in [0, 0.05) is 24.8 Å². The molecule has 1 rings (SSSR count). The fourth-order valence-corrected chi connectivity index (χ4v) is 1.83. The second-order valence-corrected chi connectivity index (χ2v) is 5.67. The van der Waals surface area contributed by atoms with Gasteiger partial charge in [0.1, 0.15) is 11.8 Å². The third kappa shape index (κ3) is 5.26. The van der Waals surface area contributed by atoms with Crippen molar-refractivity contribution in [2.24, 2.45) is 5.41 Å². The number of nitrogens with zero attached hydrogens (tertiary/aromatic N) is 2. The molecule has 0 fully saturated rings. The molecule has 1 aromatic rings. The highest BCUT2D eigenvalue weighted by Crippen LogP contribution is 2.20. The number of aliphatic hydroxyl groups excluding tert-OH is 1. The Bertz CT molecular complexity index is 418. The third-order valence-electron chi connectivity index (χ3n) is 2.54. The van der Waals surface area contributed by atoms with E-state index in [9.17, 15) is 5.11 Å². The number of rotatable bonds is 5. The smallest absolute Gasteiger partial charge is 0.144 e. The summed E-state index contributed by atoms with van der Waals surface area (Å²) in [5.74, 6) is 0. The molecule has 1 aromatic heterocycles. The van der Waals surface area contributed by atoms with Crippen LogP contribution >= 0.6 is 0 Å². The zero-order chi connectivity index (χ0) is 13.6. The van der Waals surface area contributed by atoms with Crippen LogP contribution in [0.1, 0.15) is 38.4 Å². The molecule has 1 atom stereocenters. The summed E-state index contributed by atoms with van der Waals surface area (Å²) in [5, 5.41) is 21.9. The number of aromatic nitrogens is 1. The number of aliphatic hydroxyl groups is 1. The number of hydrogen-bond acceptors (Lipinski definition) is 4. The monoisotopic (exact) mass is 247 g/mol. The lowest BCUT2D eigenvalue weighted by atomic mass is 9.89. The maximum atomic E-state index is 9.85. The molecule has 0 radical (unpaired) electrons. The molecule has 0 aliphatic heterocycles. The second kappa shape index (κ2) is 6.48. The number of hydrogen-bond donors (Lipinski definition) is 2. The molecule has 0 aliphatic carbocycles. The minimum atomic E-state index is -0.368. The highest BCUT2D eigenvalue weighted by atomic mass is 16.3. The largest absolute Gasteiger partial charge is 0.392 e. The van der Waals surface area contributed by atoms with E-state index in [1.165, 1.54) is 0 Å². The lowest BCUT2D eigenvalue weighted by Crippen LogP contribution is -2.30. The zero-order valence-corrected chi connectivity index (χ0v) is 11.3. The average Bonchev–Trinajstić information content (AvgIpc) is 2.27. The Balaban J connectivity index is 2.40. The second-order valence-electron chi connectivity index (χ2n) is 5.67. The predicted octanol–water partition coefficient (Wildman–Crippen LogP) is 1.84. The summed E-state index contributed by atoms with van der Waals surface area (Å²) in [6.07, 6.45) is 1.99. The standard InChI is InChI=1S/C14H21N3O/c1-14(2,3)7-12(18)10-16-9-11-5-4-6-17-13(11)8-15/h4-6,12,16,18H,7,9-10H2,1-3H3. The van der Waals surface area contributed by atoms with Crippen molar-refractivity contribution in [1.82, 2.24) is 10.3 Å². The van der Waals surface area contributed by atoms with Gasteiger partial charge in [-0.2, -0.15) is 5.26 Å². The first-order chi connectivity index (χ1) is 8.42. The molecule has 0 amide bonds. The molecule has 98 valence electrons. The van der Waals surface area contributed by atoms with E-state index in [1.807, 2.05) is 12.1 Å². The number of nitriles is 1. The Hall–Kier alpha value is -1.44. The molecule has 1 unspecified atom stereocenters. The maximum Gasteiger partial charge on any atom is 0.144 e. The summed E-state index contributed by atoms with van der Waals surface area (Å²) in [5.41, 5.74) is 1.42. The predicted molar refractivity (Wildman–Crippen MR) is 70.7 cm³/mol. The number of nitrogens with one attached hydrogen (secondary N) is 1. The molecule has 0 bridgehead atoms. The molecule has 0 spiro atoms. The summed E-state index contributed by atoms with van der Waals surface area (Å²) < 4.78 is 0. The molecule has 0 aliphatic rings. The van der Waals surface area contributed by atoms with Gasteiger partial charge in [-0.3, -0.25) is 0 Å². The Labute approximate surface area is 109 Å². The molecule has 2 N–H and O–H groups in total. The lowest BCUT2D eigenvalue weighted by molar-refractivity contribution is 0.119. The van der Waals surface area contributed by atoms with Crippen LogP contribution in [0.25, 0.3) is 0 Å². The molecule has 1 heterocycles. The van der Waals surface area contributed by atoms with E-state index < -0.39 is 0 Å². The van der Waals surface area contributed by atoms with Crippen molar-refractivity contribution in [2.45, 2.75) is 39.8 Å². The van der Waals surface area contributed by atoms with Crippen LogP contribution in [0.4, 0.5) is 0 Å². The van der Waals surface area contributed by atoms with Crippen molar-refractivity contribution in [3.8, 4) is 6.07 Å². The van der Waals surface area contributed by atoms with Gasteiger partial charge in [-0.15, -0.1) is 0 Å². The van der Waals surface area contributed by atoms with Gasteiger partial charge in [0.15, 0.2) is 0 Å². The van der Waals surface area contributed by atoms with Gasteiger partial charge >= 0.3 is 0 Å². The van der Waals surface area contributed by atoms with Crippen LogP contribution in [0.15, 0.2) is 18.3 Å². The van der Waals surface area contributed by atoms with E-state index in [0.29, 0.717) is 18.8 Å². The van der Waals surface area contributed by atoms with E-state index in [4.69, 9.17) is 5.26 Å². The van der Waals surface area contributed by atoms with Gasteiger partial charge in [-0.25, -0.2) is 4.98 Å². The highest BCUT2D eigenvalue weighted by molar-refractivity contribution is 5.30. The SMILES string of the molecule is CC(C)(C)CC(O)CNCc1cccnc1C#N. The molecule has 0 saturated heterocycles. The first-order valence-corrected chi connectivity index (χ1v) is 6.15. The first-order valence-electron chi connectivity index (χ1n) is 6.15. The van der Waals surface area contributed by atoms with E-state index in [0.717, 1.165) is 12.0 Å². The van der Waals surface area contributed by atoms with Crippen LogP contribution in [-0.4, -0.2) is 22.7 Å². The Morgan fingerprint density at radius 1 is 1.50 bits per heavy atom. The van der Waals surface area contributed by atoms with Crippen LogP contribution in [-0.2, 0) is 6.54 Å². The fraction of sp³-hybridized carbons (Fsp3) is 0.571. The van der Waals surface area contributed by atoms with Crippen LogP contribution in [0.2, 0.25) is 0 Å². The molecule has 4 heteroatoms. The lowest BCUT2D eigenvalue weighted by Gasteiger charge is -2.22. The van der Waals surface area contributed by atoms with Crippen LogP contribution in [0.5, 0.6) is 0 Å². The van der Waals surface area contributed by atoms with Gasteiger partial charge in [0.05, 0.1) is 6.10 Å². The maximum absolute atomic E-state index is 9.85. The summed E-state index contributed by atoms with van der Waals surface area (Å²) >= 11 is 0. The molecular formula is C14H21N3O. The van der Waals surface area contributed by atoms with E-state index >= 15 is 0 Å². The quantitative estimate of drug-likeness (QED) is 0.833. The topological polar surface area (TPSA) is 68.9 Å². The van der Waals surface area contributed by atoms with Crippen molar-refractivity contribution in [1.29, 1.82) is 5.26 Å². The van der Waals surface area contributed by atoms with Crippen molar-refractivity contribution < 1.29 is 5.11 Å². The molecule has 4 nitrogen and oxygen atoms in total. The molecule has 18 heavy (non-hydrogen) atoms. The zero-order valence-electron chi connectivity index (χ0n) is 11.3. The molecule has 0 aromatic carbocycles. The van der Waals surface area contributed by atoms with Gasteiger partial charge in [-0.05, 0) is 17.9 Å². The Kier molecular flexibility index (Phi) is 5.26. The van der Waals surface area contributed by atoms with Crippen LogP contribution in [0.3, 0.4) is 0 Å². The van der Waals surface area contributed by atoms with Gasteiger partial charge < -0.3 is 10.4 Å². The Morgan fingerprint density at radius 3 is 2.83 bits per heavy atom. The number of pyridine rings is 1. The van der Waals surface area contributed by atoms with E-state index in [-0.39, 0.29) is 11.5 Å². The normalized spacial score (nSPS) is 13.1. The summed E-state index contributed by atoms with van der Waals surface area (Å²) in [4.78, 5) is 3.99. The fourth-order valence-electron chi connectivity index (χ4n) is 1.83. The van der Waals surface area contributed by atoms with Crippen molar-refractivity contribution in [3.05, 3.63) is 29.6 Å². The van der Waals surface area contributed by atoms with Crippen LogP contribution in [0, 0.1) is 16.7 Å². The van der Waals surface area contributed by atoms with E-state index in [2.05, 4.69) is 37.1 Å². The van der Waals surface area contributed by atoms with E-state index in [1.54, 1.807) is 6.20 Å². The van der Waals surface area contributed by atoms with Gasteiger partial charge in [-0.1, -0.05) is 26.8 Å². The average molecular weight is 247 g/mol. The Morgan fingerprint density at radius 2 is 2.22 bits per heavy atom. The minimum Gasteiger partial charge on any atom is -0.392 e. The van der Waals surface area contributed by atoms with Crippen molar-refractivity contribution >= 4 is 0 Å². The third-order valence-corrected chi connectivity index (χ3v) is 2.54. The van der Waals surface area contributed by atoms with Crippen molar-refractivity contribution in [2.75, 3.05) is 6.54 Å². The van der Waals surface area contributed by atoms with Gasteiger partial charge in [0.25, 0.3) is 0 Å². The van der Waals surface area contributed by atoms with Crippen molar-refractivity contribution in [3.63, 3.8) is 0 Å². The highest BCUT2D eigenvalue weighted by Gasteiger charge is 2.16. The summed E-state index contributed by atoms with van der Waals surface area (Å²) in [6, 6.07) is 5.74. The van der Waals surface area contributed by atoms with Gasteiger partial charge in [0.2, 0.25) is 0 Å². The summed E-state index contributed by atoms with van der Waals surface area (Å²) in [6.45, 7) is 7.39. The molecular weight excluding hydrogens is 226 g/mol. The van der Waals surface area contributed by atoms with Crippen LogP contribution < -0.4 is 5.32 Å². The summed E-state index contributed by atoms with van der Waals surface area (Å²) in [7, 11) is 0. The molecule has 0 saturated carbocycles.